The molecule has 0 saturated heterocycles. The number of hydrazone groups is 1. The van der Waals surface area contributed by atoms with Crippen molar-refractivity contribution in [3.8, 4) is 5.75 Å². The average Bonchev–Trinajstić information content (AvgIpc) is 2.58. The third kappa shape index (κ3) is 5.93. The van der Waals surface area contributed by atoms with Gasteiger partial charge in [-0.2, -0.15) is 5.10 Å². The molecule has 0 radical (unpaired) electrons. The third-order valence-corrected chi connectivity index (χ3v) is 3.70. The summed E-state index contributed by atoms with van der Waals surface area (Å²) in [4.78, 5) is 23.6. The van der Waals surface area contributed by atoms with E-state index in [4.69, 9.17) is 16.3 Å². The van der Waals surface area contributed by atoms with Crippen LogP contribution in [-0.2, 0) is 9.59 Å². The number of carbonyl (C=O) groups is 2. The van der Waals surface area contributed by atoms with Crippen molar-refractivity contribution in [1.82, 2.24) is 5.43 Å². The Kier molecular flexibility index (Phi) is 6.54. The van der Waals surface area contributed by atoms with E-state index < -0.39 is 11.8 Å². The molecule has 0 aliphatic heterocycles. The van der Waals surface area contributed by atoms with Crippen LogP contribution >= 0.6 is 11.6 Å². The Labute approximate surface area is 150 Å². The summed E-state index contributed by atoms with van der Waals surface area (Å²) in [5, 5.41) is 6.98. The summed E-state index contributed by atoms with van der Waals surface area (Å²) in [5.41, 5.74) is 4.55. The summed E-state index contributed by atoms with van der Waals surface area (Å²) in [6.07, 6.45) is 1.14. The fourth-order valence-corrected chi connectivity index (χ4v) is 2.11. The van der Waals surface area contributed by atoms with Crippen LogP contribution < -0.4 is 15.5 Å². The molecular weight excluding hydrogens is 342 g/mol. The van der Waals surface area contributed by atoms with E-state index >= 15 is 0 Å². The minimum absolute atomic E-state index is 0.342. The molecule has 0 unspecified atom stereocenters. The number of nitrogens with zero attached hydrogens (tertiary/aromatic N) is 1. The highest BCUT2D eigenvalue weighted by Crippen LogP contribution is 2.19. The molecule has 0 spiro atoms. The van der Waals surface area contributed by atoms with Crippen molar-refractivity contribution in [1.29, 1.82) is 0 Å². The zero-order valence-corrected chi connectivity index (χ0v) is 14.6. The van der Waals surface area contributed by atoms with E-state index in [1.54, 1.807) is 49.6 Å². The number of carbonyl (C=O) groups excluding carboxylic acids is 2. The van der Waals surface area contributed by atoms with Gasteiger partial charge in [0.1, 0.15) is 12.2 Å². The predicted octanol–water partition coefficient (Wildman–Crippen LogP) is 3.14. The standard InChI is InChI=1S/C18H18ClN3O3/c1-12-3-6-14(9-16(12)19)21-17(23)10-18(24)22-20-11-13-4-7-15(25-2)8-5-13/h3-9,11H,10H2,1-2H3,(H,21,23)(H,22,24). The first-order valence-corrected chi connectivity index (χ1v) is 7.87. The van der Waals surface area contributed by atoms with Crippen LogP contribution in [0.1, 0.15) is 17.5 Å². The molecule has 2 N–H and O–H groups in total. The van der Waals surface area contributed by atoms with Gasteiger partial charge in [-0.05, 0) is 54.4 Å². The van der Waals surface area contributed by atoms with Crippen molar-refractivity contribution in [2.24, 2.45) is 5.10 Å². The number of methoxy groups -OCH3 is 1. The molecule has 0 atom stereocenters. The van der Waals surface area contributed by atoms with Crippen molar-refractivity contribution in [2.45, 2.75) is 13.3 Å². The smallest absolute Gasteiger partial charge is 0.249 e. The van der Waals surface area contributed by atoms with Gasteiger partial charge in [-0.15, -0.1) is 0 Å². The summed E-state index contributed by atoms with van der Waals surface area (Å²) in [6.45, 7) is 1.86. The van der Waals surface area contributed by atoms with E-state index in [-0.39, 0.29) is 6.42 Å². The molecule has 6 nitrogen and oxygen atoms in total. The minimum Gasteiger partial charge on any atom is -0.497 e. The van der Waals surface area contributed by atoms with Crippen LogP contribution in [0.25, 0.3) is 0 Å². The second-order valence-electron chi connectivity index (χ2n) is 5.26. The van der Waals surface area contributed by atoms with Gasteiger partial charge in [0.25, 0.3) is 0 Å². The summed E-state index contributed by atoms with van der Waals surface area (Å²) in [5.74, 6) is -0.230. The number of aryl methyl sites for hydroxylation is 1. The van der Waals surface area contributed by atoms with Gasteiger partial charge in [-0.3, -0.25) is 9.59 Å². The Balaban J connectivity index is 1.81. The highest BCUT2D eigenvalue weighted by Gasteiger charge is 2.09. The normalized spacial score (nSPS) is 10.5. The fraction of sp³-hybridized carbons (Fsp3) is 0.167. The number of ether oxygens (including phenoxy) is 1. The molecular formula is C18H18ClN3O3. The van der Waals surface area contributed by atoms with E-state index in [1.807, 2.05) is 6.92 Å². The van der Waals surface area contributed by atoms with E-state index in [1.165, 1.54) is 6.21 Å². The summed E-state index contributed by atoms with van der Waals surface area (Å²) >= 11 is 5.99. The van der Waals surface area contributed by atoms with Crippen molar-refractivity contribution in [2.75, 3.05) is 12.4 Å². The van der Waals surface area contributed by atoms with Crippen LogP contribution in [0.3, 0.4) is 0 Å². The molecule has 0 bridgehead atoms. The van der Waals surface area contributed by atoms with Crippen LogP contribution in [0.5, 0.6) is 5.75 Å². The van der Waals surface area contributed by atoms with Gasteiger partial charge in [0.05, 0.1) is 13.3 Å². The van der Waals surface area contributed by atoms with Crippen molar-refractivity contribution in [3.63, 3.8) is 0 Å². The lowest BCUT2D eigenvalue weighted by Gasteiger charge is -2.06. The number of halogens is 1. The number of nitrogens with one attached hydrogen (secondary N) is 2. The van der Waals surface area contributed by atoms with Crippen molar-refractivity contribution < 1.29 is 14.3 Å². The molecule has 7 heteroatoms. The van der Waals surface area contributed by atoms with Gasteiger partial charge >= 0.3 is 0 Å². The molecule has 0 saturated carbocycles. The highest BCUT2D eigenvalue weighted by molar-refractivity contribution is 6.31. The van der Waals surface area contributed by atoms with Gasteiger partial charge in [-0.1, -0.05) is 17.7 Å². The van der Waals surface area contributed by atoms with Crippen LogP contribution in [-0.4, -0.2) is 25.1 Å². The molecule has 2 aromatic rings. The third-order valence-electron chi connectivity index (χ3n) is 3.30. The lowest BCUT2D eigenvalue weighted by Crippen LogP contribution is -2.24. The fourth-order valence-electron chi connectivity index (χ4n) is 1.93. The molecule has 0 aliphatic carbocycles. The number of amides is 2. The van der Waals surface area contributed by atoms with Gasteiger partial charge in [0.15, 0.2) is 0 Å². The highest BCUT2D eigenvalue weighted by atomic mass is 35.5. The van der Waals surface area contributed by atoms with Gasteiger partial charge in [0.2, 0.25) is 11.8 Å². The first-order valence-electron chi connectivity index (χ1n) is 7.50. The zero-order valence-electron chi connectivity index (χ0n) is 13.9. The molecule has 0 fully saturated rings. The maximum atomic E-state index is 11.8. The Morgan fingerprint density at radius 2 is 1.88 bits per heavy atom. The van der Waals surface area contributed by atoms with Crippen molar-refractivity contribution >= 4 is 35.3 Å². The van der Waals surface area contributed by atoms with E-state index in [0.29, 0.717) is 10.7 Å². The van der Waals surface area contributed by atoms with Gasteiger partial charge < -0.3 is 10.1 Å². The minimum atomic E-state index is -0.513. The van der Waals surface area contributed by atoms with Gasteiger partial charge in [0, 0.05) is 10.7 Å². The second kappa shape index (κ2) is 8.84. The van der Waals surface area contributed by atoms with Crippen LogP contribution in [0.2, 0.25) is 5.02 Å². The van der Waals surface area contributed by atoms with E-state index in [9.17, 15) is 9.59 Å². The van der Waals surface area contributed by atoms with E-state index in [0.717, 1.165) is 16.9 Å². The van der Waals surface area contributed by atoms with Crippen LogP contribution in [0.15, 0.2) is 47.6 Å². The maximum Gasteiger partial charge on any atom is 0.249 e. The number of hydrogen-bond acceptors (Lipinski definition) is 4. The lowest BCUT2D eigenvalue weighted by atomic mass is 10.2. The van der Waals surface area contributed by atoms with Crippen molar-refractivity contribution in [3.05, 3.63) is 58.6 Å². The largest absolute Gasteiger partial charge is 0.497 e. The first kappa shape index (κ1) is 18.5. The van der Waals surface area contributed by atoms with E-state index in [2.05, 4.69) is 15.8 Å². The average molecular weight is 360 g/mol. The molecule has 2 amide bonds. The molecule has 0 aliphatic rings. The Bertz CT molecular complexity index is 789. The molecule has 2 rings (SSSR count). The summed E-state index contributed by atoms with van der Waals surface area (Å²) < 4.78 is 5.05. The quantitative estimate of drug-likeness (QED) is 0.472. The Morgan fingerprint density at radius 1 is 1.16 bits per heavy atom. The molecule has 0 heterocycles. The predicted molar refractivity (Wildman–Crippen MR) is 98.2 cm³/mol. The van der Waals surface area contributed by atoms with Crippen LogP contribution in [0.4, 0.5) is 5.69 Å². The lowest BCUT2D eigenvalue weighted by molar-refractivity contribution is -0.126. The SMILES string of the molecule is COc1ccc(C=NNC(=O)CC(=O)Nc2ccc(C)c(Cl)c2)cc1. The molecule has 130 valence electrons. The van der Waals surface area contributed by atoms with Crippen LogP contribution in [0, 0.1) is 6.92 Å². The number of hydrogen-bond donors (Lipinski definition) is 2. The number of benzene rings is 2. The Morgan fingerprint density at radius 3 is 2.52 bits per heavy atom. The molecule has 2 aromatic carbocycles. The first-order chi connectivity index (χ1) is 12.0. The maximum absolute atomic E-state index is 11.8. The summed E-state index contributed by atoms with van der Waals surface area (Å²) in [7, 11) is 1.58. The summed E-state index contributed by atoms with van der Waals surface area (Å²) in [6, 6.07) is 12.3. The Hall–Kier alpha value is -2.86. The zero-order chi connectivity index (χ0) is 18.2. The topological polar surface area (TPSA) is 79.8 Å². The van der Waals surface area contributed by atoms with Gasteiger partial charge in [-0.25, -0.2) is 5.43 Å². The number of rotatable bonds is 6. The number of anilines is 1. The molecule has 25 heavy (non-hydrogen) atoms. The molecule has 0 aromatic heterocycles. The second-order valence-corrected chi connectivity index (χ2v) is 5.66. The monoisotopic (exact) mass is 359 g/mol.